The van der Waals surface area contributed by atoms with Crippen LogP contribution in [0, 0.1) is 0 Å². The van der Waals surface area contributed by atoms with E-state index in [0.29, 0.717) is 11.1 Å². The van der Waals surface area contributed by atoms with Gasteiger partial charge in [0.2, 0.25) is 15.8 Å². The second kappa shape index (κ2) is 7.92. The largest absolute Gasteiger partial charge is 0.506 e. The van der Waals surface area contributed by atoms with Crippen molar-refractivity contribution in [3.05, 3.63) is 71.8 Å². The van der Waals surface area contributed by atoms with Crippen molar-refractivity contribution in [3.8, 4) is 5.75 Å². The molecular weight excluding hydrogens is 394 g/mol. The van der Waals surface area contributed by atoms with Gasteiger partial charge in [-0.05, 0) is 42.6 Å². The average molecular weight is 413 g/mol. The first-order valence-corrected chi connectivity index (χ1v) is 10.6. The van der Waals surface area contributed by atoms with Crippen LogP contribution in [-0.2, 0) is 14.8 Å². The van der Waals surface area contributed by atoms with E-state index in [1.807, 2.05) is 6.07 Å². The van der Waals surface area contributed by atoms with Crippen LogP contribution in [-0.4, -0.2) is 37.6 Å². The molecule has 0 bridgehead atoms. The molecule has 0 amide bonds. The van der Waals surface area contributed by atoms with Gasteiger partial charge in [0.15, 0.2) is 6.10 Å². The first kappa shape index (κ1) is 20.3. The summed E-state index contributed by atoms with van der Waals surface area (Å²) in [5, 5.41) is 11.7. The zero-order chi connectivity index (χ0) is 21.2. The number of phenols is 1. The molecule has 0 fully saturated rings. The van der Waals surface area contributed by atoms with Crippen LogP contribution in [0.15, 0.2) is 60.7 Å². The van der Waals surface area contributed by atoms with Crippen molar-refractivity contribution in [2.24, 2.45) is 0 Å². The molecule has 150 valence electrons. The molecule has 0 heterocycles. The normalized spacial score (nSPS) is 12.3. The van der Waals surface area contributed by atoms with Gasteiger partial charge in [-0.1, -0.05) is 30.3 Å². The number of nitrogens with one attached hydrogen (secondary N) is 1. The number of ketones is 1. The summed E-state index contributed by atoms with van der Waals surface area (Å²) in [6.07, 6.45) is -0.0717. The third kappa shape index (κ3) is 4.72. The number of carbonyl (C=O) groups is 2. The fourth-order valence-electron chi connectivity index (χ4n) is 2.85. The molecule has 0 radical (unpaired) electrons. The average Bonchev–Trinajstić information content (AvgIpc) is 2.67. The van der Waals surface area contributed by atoms with Crippen LogP contribution in [0.4, 0.5) is 5.69 Å². The van der Waals surface area contributed by atoms with E-state index >= 15 is 0 Å². The second-order valence-corrected chi connectivity index (χ2v) is 8.29. The molecule has 3 aromatic rings. The number of Topliss-reactive ketones (excluding diaryl/α,β-unsaturated/α-hetero) is 1. The molecular formula is C21H19NO6S. The van der Waals surface area contributed by atoms with Gasteiger partial charge in [-0.25, -0.2) is 13.2 Å². The lowest BCUT2D eigenvalue weighted by atomic mass is 10.0. The standard InChI is InChI=1S/C21H19NO6S/c1-13(19(23)15-7-10-16(11-8-15)22-29(2,26)27)28-21(25)18-12-9-14-5-3-4-6-17(14)20(18)24/h3-13,22,24H,1-2H3. The first-order valence-electron chi connectivity index (χ1n) is 8.69. The Hall–Kier alpha value is -3.39. The molecule has 0 aliphatic carbocycles. The quantitative estimate of drug-likeness (QED) is 0.474. The zero-order valence-corrected chi connectivity index (χ0v) is 16.6. The number of fused-ring (bicyclic) bond motifs is 1. The Bertz CT molecular complexity index is 1190. The smallest absolute Gasteiger partial charge is 0.342 e. The van der Waals surface area contributed by atoms with E-state index in [4.69, 9.17) is 4.74 Å². The second-order valence-electron chi connectivity index (χ2n) is 6.55. The predicted octanol–water partition coefficient (Wildman–Crippen LogP) is 3.35. The van der Waals surface area contributed by atoms with Gasteiger partial charge < -0.3 is 9.84 Å². The first-order chi connectivity index (χ1) is 13.7. The van der Waals surface area contributed by atoms with Gasteiger partial charge in [-0.2, -0.15) is 0 Å². The highest BCUT2D eigenvalue weighted by Crippen LogP contribution is 2.29. The van der Waals surface area contributed by atoms with Crippen LogP contribution in [0.2, 0.25) is 0 Å². The summed E-state index contributed by atoms with van der Waals surface area (Å²) in [6, 6.07) is 15.9. The molecule has 0 spiro atoms. The maximum atomic E-state index is 12.5. The lowest BCUT2D eigenvalue weighted by molar-refractivity contribution is 0.0316. The fraction of sp³-hybridized carbons (Fsp3) is 0.143. The molecule has 1 atom stereocenters. The predicted molar refractivity (Wildman–Crippen MR) is 110 cm³/mol. The number of benzene rings is 3. The van der Waals surface area contributed by atoms with Crippen molar-refractivity contribution in [1.29, 1.82) is 0 Å². The Kier molecular flexibility index (Phi) is 5.56. The van der Waals surface area contributed by atoms with Gasteiger partial charge in [0.25, 0.3) is 0 Å². The van der Waals surface area contributed by atoms with Crippen molar-refractivity contribution >= 4 is 38.2 Å². The van der Waals surface area contributed by atoms with E-state index in [9.17, 15) is 23.1 Å². The molecule has 8 heteroatoms. The molecule has 0 saturated heterocycles. The molecule has 2 N–H and O–H groups in total. The summed E-state index contributed by atoms with van der Waals surface area (Å²) in [7, 11) is -3.42. The molecule has 1 unspecified atom stereocenters. The summed E-state index contributed by atoms with van der Waals surface area (Å²) in [4.78, 5) is 25.0. The van der Waals surface area contributed by atoms with E-state index in [1.54, 1.807) is 24.3 Å². The lowest BCUT2D eigenvalue weighted by Crippen LogP contribution is -2.24. The number of carbonyl (C=O) groups excluding carboxylic acids is 2. The molecule has 3 aromatic carbocycles. The Balaban J connectivity index is 1.74. The van der Waals surface area contributed by atoms with Crippen LogP contribution in [0.5, 0.6) is 5.75 Å². The van der Waals surface area contributed by atoms with Gasteiger partial charge in [-0.15, -0.1) is 0 Å². The zero-order valence-electron chi connectivity index (χ0n) is 15.7. The van der Waals surface area contributed by atoms with Crippen molar-refractivity contribution in [1.82, 2.24) is 0 Å². The summed E-state index contributed by atoms with van der Waals surface area (Å²) < 4.78 is 30.0. The third-order valence-corrected chi connectivity index (χ3v) is 4.85. The van der Waals surface area contributed by atoms with E-state index in [2.05, 4.69) is 4.72 Å². The SMILES string of the molecule is CC(OC(=O)c1ccc2ccccc2c1O)C(=O)c1ccc(NS(C)(=O)=O)cc1. The van der Waals surface area contributed by atoms with Gasteiger partial charge in [0.05, 0.1) is 6.26 Å². The van der Waals surface area contributed by atoms with E-state index in [0.717, 1.165) is 11.6 Å². The number of hydrogen-bond acceptors (Lipinski definition) is 6. The molecule has 29 heavy (non-hydrogen) atoms. The van der Waals surface area contributed by atoms with Crippen molar-refractivity contribution in [2.45, 2.75) is 13.0 Å². The van der Waals surface area contributed by atoms with Crippen LogP contribution >= 0.6 is 0 Å². The summed E-state index contributed by atoms with van der Waals surface area (Å²) in [5.41, 5.74) is 0.540. The highest BCUT2D eigenvalue weighted by molar-refractivity contribution is 7.92. The van der Waals surface area contributed by atoms with Crippen LogP contribution in [0.1, 0.15) is 27.6 Å². The molecule has 3 rings (SSSR count). The minimum Gasteiger partial charge on any atom is -0.506 e. The number of hydrogen-bond donors (Lipinski definition) is 2. The lowest BCUT2D eigenvalue weighted by Gasteiger charge is -2.14. The number of ether oxygens (including phenoxy) is 1. The number of aromatic hydroxyl groups is 1. The maximum absolute atomic E-state index is 12.5. The third-order valence-electron chi connectivity index (χ3n) is 4.25. The molecule has 0 aliphatic heterocycles. The van der Waals surface area contributed by atoms with E-state index in [1.165, 1.54) is 37.3 Å². The number of esters is 1. The van der Waals surface area contributed by atoms with Crippen molar-refractivity contribution < 1.29 is 27.9 Å². The number of sulfonamides is 1. The highest BCUT2D eigenvalue weighted by atomic mass is 32.2. The molecule has 0 saturated carbocycles. The van der Waals surface area contributed by atoms with Gasteiger partial charge in [-0.3, -0.25) is 9.52 Å². The van der Waals surface area contributed by atoms with Crippen LogP contribution < -0.4 is 4.72 Å². The summed E-state index contributed by atoms with van der Waals surface area (Å²) >= 11 is 0. The Morgan fingerprint density at radius 1 is 1.00 bits per heavy atom. The highest BCUT2D eigenvalue weighted by Gasteiger charge is 2.23. The van der Waals surface area contributed by atoms with Crippen molar-refractivity contribution in [2.75, 3.05) is 11.0 Å². The monoisotopic (exact) mass is 413 g/mol. The van der Waals surface area contributed by atoms with E-state index < -0.39 is 27.9 Å². The van der Waals surface area contributed by atoms with Crippen LogP contribution in [0.25, 0.3) is 10.8 Å². The molecule has 0 aliphatic rings. The minimum absolute atomic E-state index is 0.0314. The summed E-state index contributed by atoms with van der Waals surface area (Å²) in [5.74, 6) is -1.47. The number of anilines is 1. The van der Waals surface area contributed by atoms with Gasteiger partial charge >= 0.3 is 5.97 Å². The molecule has 7 nitrogen and oxygen atoms in total. The summed E-state index contributed by atoms with van der Waals surface area (Å²) in [6.45, 7) is 1.43. The topological polar surface area (TPSA) is 110 Å². The minimum atomic E-state index is -3.42. The van der Waals surface area contributed by atoms with E-state index in [-0.39, 0.29) is 16.9 Å². The van der Waals surface area contributed by atoms with Crippen molar-refractivity contribution in [3.63, 3.8) is 0 Å². The number of phenolic OH excluding ortho intramolecular Hbond substituents is 1. The Morgan fingerprint density at radius 2 is 1.66 bits per heavy atom. The molecule has 0 aromatic heterocycles. The number of rotatable bonds is 6. The maximum Gasteiger partial charge on any atom is 0.342 e. The van der Waals surface area contributed by atoms with Gasteiger partial charge in [0.1, 0.15) is 11.3 Å². The fourth-order valence-corrected chi connectivity index (χ4v) is 3.41. The Labute approximate surface area is 168 Å². The van der Waals surface area contributed by atoms with Crippen LogP contribution in [0.3, 0.4) is 0 Å². The Morgan fingerprint density at radius 3 is 2.31 bits per heavy atom. The van der Waals surface area contributed by atoms with Gasteiger partial charge in [0, 0.05) is 16.6 Å².